The molecule has 2 bridgehead atoms. The van der Waals surface area contributed by atoms with Crippen molar-refractivity contribution in [1.29, 1.82) is 0 Å². The molecule has 118 valence electrons. The van der Waals surface area contributed by atoms with Gasteiger partial charge in [-0.25, -0.2) is 0 Å². The molecule has 3 heterocycles. The molecule has 3 rings (SSSR count). The molecule has 5 heteroatoms. The minimum atomic E-state index is -0.768. The molecule has 0 radical (unpaired) electrons. The van der Waals surface area contributed by atoms with Gasteiger partial charge >= 0.3 is 5.97 Å². The average molecular weight is 302 g/mol. The Hall–Kier alpha value is -1.91. The van der Waals surface area contributed by atoms with Crippen LogP contribution in [0.15, 0.2) is 12.1 Å². The molecule has 0 saturated carbocycles. The van der Waals surface area contributed by atoms with Gasteiger partial charge in [0.1, 0.15) is 0 Å². The van der Waals surface area contributed by atoms with Gasteiger partial charge in [0, 0.05) is 29.0 Å². The zero-order valence-corrected chi connectivity index (χ0v) is 13.3. The highest BCUT2D eigenvalue weighted by Crippen LogP contribution is 2.52. The Morgan fingerprint density at radius 2 is 1.95 bits per heavy atom. The van der Waals surface area contributed by atoms with Gasteiger partial charge in [0.2, 0.25) is 0 Å². The number of nitrogens with zero attached hydrogens (tertiary/aromatic N) is 2. The van der Waals surface area contributed by atoms with Crippen molar-refractivity contribution in [3.8, 4) is 0 Å². The molecule has 1 amide bonds. The second-order valence-electron chi connectivity index (χ2n) is 6.62. The maximum absolute atomic E-state index is 12.9. The summed E-state index contributed by atoms with van der Waals surface area (Å²) in [6.45, 7) is 5.66. The Kier molecular flexibility index (Phi) is 3.46. The first-order valence-electron chi connectivity index (χ1n) is 7.90. The van der Waals surface area contributed by atoms with E-state index in [0.29, 0.717) is 18.4 Å². The number of aryl methyl sites for hydroxylation is 2. The SMILES string of the molecule is CC[C@@]1(C(=O)O)C[C@@H]2CC[C@H]1N2C(=O)c1cc(C)nc(C)c1. The van der Waals surface area contributed by atoms with Gasteiger partial charge in [-0.3, -0.25) is 14.6 Å². The zero-order chi connectivity index (χ0) is 16.1. The molecule has 0 spiro atoms. The van der Waals surface area contributed by atoms with Crippen molar-refractivity contribution in [3.05, 3.63) is 29.1 Å². The Balaban J connectivity index is 1.96. The van der Waals surface area contributed by atoms with E-state index in [1.54, 1.807) is 12.1 Å². The third-order valence-electron chi connectivity index (χ3n) is 5.36. The first-order valence-corrected chi connectivity index (χ1v) is 7.90. The van der Waals surface area contributed by atoms with E-state index in [1.807, 2.05) is 25.7 Å². The van der Waals surface area contributed by atoms with Gasteiger partial charge in [0.05, 0.1) is 5.41 Å². The fourth-order valence-corrected chi connectivity index (χ4v) is 4.36. The lowest BCUT2D eigenvalue weighted by atomic mass is 9.72. The molecule has 0 aliphatic carbocycles. The highest BCUT2D eigenvalue weighted by molar-refractivity contribution is 5.96. The van der Waals surface area contributed by atoms with Gasteiger partial charge in [-0.05, 0) is 51.7 Å². The number of fused-ring (bicyclic) bond motifs is 2. The lowest BCUT2D eigenvalue weighted by molar-refractivity contribution is -0.151. The Morgan fingerprint density at radius 3 is 2.45 bits per heavy atom. The molecule has 1 aromatic rings. The lowest BCUT2D eigenvalue weighted by Crippen LogP contribution is -2.44. The largest absolute Gasteiger partial charge is 0.481 e. The van der Waals surface area contributed by atoms with Crippen LogP contribution in [0, 0.1) is 19.3 Å². The molecule has 2 saturated heterocycles. The van der Waals surface area contributed by atoms with E-state index in [2.05, 4.69) is 4.98 Å². The van der Waals surface area contributed by atoms with Crippen molar-refractivity contribution in [2.45, 2.75) is 58.5 Å². The number of aromatic nitrogens is 1. The van der Waals surface area contributed by atoms with Gasteiger partial charge in [-0.15, -0.1) is 0 Å². The van der Waals surface area contributed by atoms with E-state index in [1.165, 1.54) is 0 Å². The third kappa shape index (κ3) is 2.02. The molecule has 2 fully saturated rings. The predicted octanol–water partition coefficient (Wildman–Crippen LogP) is 2.56. The van der Waals surface area contributed by atoms with Gasteiger partial charge < -0.3 is 10.0 Å². The number of amides is 1. The number of hydrogen-bond acceptors (Lipinski definition) is 3. The monoisotopic (exact) mass is 302 g/mol. The lowest BCUT2D eigenvalue weighted by Gasteiger charge is -2.32. The number of pyridine rings is 1. The van der Waals surface area contributed by atoms with Crippen molar-refractivity contribution in [2.24, 2.45) is 5.41 Å². The standard InChI is InChI=1S/C17H22N2O3/c1-4-17(16(21)22)9-13-5-6-14(17)19(13)15(20)12-7-10(2)18-11(3)8-12/h7-8,13-14H,4-6,9H2,1-3H3,(H,21,22)/t13-,14+,17+/m0/s1. The van der Waals surface area contributed by atoms with Crippen LogP contribution in [0.3, 0.4) is 0 Å². The van der Waals surface area contributed by atoms with E-state index in [0.717, 1.165) is 24.2 Å². The topological polar surface area (TPSA) is 70.5 Å². The molecule has 0 unspecified atom stereocenters. The number of carbonyl (C=O) groups is 2. The molecule has 2 aliphatic heterocycles. The molecule has 0 aromatic carbocycles. The molecular formula is C17H22N2O3. The van der Waals surface area contributed by atoms with Crippen LogP contribution < -0.4 is 0 Å². The summed E-state index contributed by atoms with van der Waals surface area (Å²) in [6.07, 6.45) is 2.86. The molecule has 1 aromatic heterocycles. The summed E-state index contributed by atoms with van der Waals surface area (Å²) < 4.78 is 0. The molecule has 3 atom stereocenters. The van der Waals surface area contributed by atoms with Crippen LogP contribution in [-0.2, 0) is 4.79 Å². The molecule has 2 aliphatic rings. The van der Waals surface area contributed by atoms with Crippen molar-refractivity contribution >= 4 is 11.9 Å². The van der Waals surface area contributed by atoms with E-state index in [9.17, 15) is 14.7 Å². The number of rotatable bonds is 3. The van der Waals surface area contributed by atoms with Gasteiger partial charge in [0.25, 0.3) is 5.91 Å². The third-order valence-corrected chi connectivity index (χ3v) is 5.36. The van der Waals surface area contributed by atoms with Crippen molar-refractivity contribution < 1.29 is 14.7 Å². The number of aliphatic carboxylic acids is 1. The van der Waals surface area contributed by atoms with Crippen LogP contribution >= 0.6 is 0 Å². The fourth-order valence-electron chi connectivity index (χ4n) is 4.36. The van der Waals surface area contributed by atoms with E-state index in [4.69, 9.17) is 0 Å². The molecule has 22 heavy (non-hydrogen) atoms. The minimum absolute atomic E-state index is 0.0438. The maximum Gasteiger partial charge on any atom is 0.311 e. The van der Waals surface area contributed by atoms with Crippen LogP contribution in [-0.4, -0.2) is 39.0 Å². The van der Waals surface area contributed by atoms with Crippen LogP contribution in [0.4, 0.5) is 0 Å². The summed E-state index contributed by atoms with van der Waals surface area (Å²) in [5, 5.41) is 9.70. The predicted molar refractivity (Wildman–Crippen MR) is 81.7 cm³/mol. The number of carboxylic acid groups (broad SMARTS) is 1. The number of hydrogen-bond donors (Lipinski definition) is 1. The zero-order valence-electron chi connectivity index (χ0n) is 13.3. The van der Waals surface area contributed by atoms with Crippen molar-refractivity contribution in [3.63, 3.8) is 0 Å². The molecule has 5 nitrogen and oxygen atoms in total. The number of carboxylic acids is 1. The minimum Gasteiger partial charge on any atom is -0.481 e. The molecular weight excluding hydrogens is 280 g/mol. The Morgan fingerprint density at radius 1 is 1.32 bits per heavy atom. The van der Waals surface area contributed by atoms with Gasteiger partial charge in [-0.1, -0.05) is 6.92 Å². The summed E-state index contributed by atoms with van der Waals surface area (Å²) >= 11 is 0. The first-order chi connectivity index (χ1) is 10.4. The summed E-state index contributed by atoms with van der Waals surface area (Å²) in [6, 6.07) is 3.46. The fraction of sp³-hybridized carbons (Fsp3) is 0.588. The Bertz CT molecular complexity index is 623. The average Bonchev–Trinajstić information content (AvgIpc) is 3.01. The second-order valence-corrected chi connectivity index (χ2v) is 6.62. The summed E-state index contributed by atoms with van der Waals surface area (Å²) in [4.78, 5) is 30.9. The summed E-state index contributed by atoms with van der Waals surface area (Å²) in [7, 11) is 0. The van der Waals surface area contributed by atoms with Crippen LogP contribution in [0.5, 0.6) is 0 Å². The van der Waals surface area contributed by atoms with Gasteiger partial charge in [-0.2, -0.15) is 0 Å². The highest BCUT2D eigenvalue weighted by atomic mass is 16.4. The number of carbonyl (C=O) groups excluding carboxylic acids is 1. The highest BCUT2D eigenvalue weighted by Gasteiger charge is 2.60. The van der Waals surface area contributed by atoms with Crippen LogP contribution in [0.2, 0.25) is 0 Å². The van der Waals surface area contributed by atoms with Gasteiger partial charge in [0.15, 0.2) is 0 Å². The summed E-state index contributed by atoms with van der Waals surface area (Å²) in [5.41, 5.74) is 1.49. The quantitative estimate of drug-likeness (QED) is 0.931. The van der Waals surface area contributed by atoms with Crippen molar-refractivity contribution in [2.75, 3.05) is 0 Å². The van der Waals surface area contributed by atoms with E-state index < -0.39 is 11.4 Å². The van der Waals surface area contributed by atoms with Crippen molar-refractivity contribution in [1.82, 2.24) is 9.88 Å². The smallest absolute Gasteiger partial charge is 0.311 e. The Labute approximate surface area is 130 Å². The van der Waals surface area contributed by atoms with E-state index in [-0.39, 0.29) is 18.0 Å². The van der Waals surface area contributed by atoms with Crippen LogP contribution in [0.25, 0.3) is 0 Å². The van der Waals surface area contributed by atoms with Crippen LogP contribution in [0.1, 0.15) is 54.4 Å². The first kappa shape index (κ1) is 15.0. The molecule has 1 N–H and O–H groups in total. The van der Waals surface area contributed by atoms with E-state index >= 15 is 0 Å². The summed E-state index contributed by atoms with van der Waals surface area (Å²) in [5.74, 6) is -0.806. The second kappa shape index (κ2) is 5.07. The normalized spacial score (nSPS) is 29.9. The maximum atomic E-state index is 12.9.